The maximum atomic E-state index is 13.7. The molecule has 1 saturated heterocycles. The fourth-order valence-corrected chi connectivity index (χ4v) is 6.81. The van der Waals surface area contributed by atoms with Crippen LogP contribution in [0.5, 0.6) is 0 Å². The zero-order valence-electron chi connectivity index (χ0n) is 31.9. The zero-order chi connectivity index (χ0) is 40.7. The van der Waals surface area contributed by atoms with Gasteiger partial charge in [0.05, 0.1) is 12.1 Å². The molecule has 3 rings (SSSR count). The van der Waals surface area contributed by atoms with E-state index >= 15 is 0 Å². The molecule has 0 aromatic heterocycles. The third-order valence-corrected chi connectivity index (χ3v) is 10.1. The number of carbonyl (C=O) groups is 7. The van der Waals surface area contributed by atoms with Crippen LogP contribution in [0.25, 0.3) is 0 Å². The second-order valence-electron chi connectivity index (χ2n) is 14.5. The number of unbranched alkanes of at least 4 members (excludes halogenated alkanes) is 2. The van der Waals surface area contributed by atoms with Crippen LogP contribution in [0.3, 0.4) is 0 Å². The molecular formula is C39H57N5O11. The summed E-state index contributed by atoms with van der Waals surface area (Å²) in [6, 6.07) is 5.78. The monoisotopic (exact) mass is 771 g/mol. The van der Waals surface area contributed by atoms with Crippen molar-refractivity contribution in [3.63, 3.8) is 0 Å². The number of hydrogen-bond acceptors (Lipinski definition) is 12. The van der Waals surface area contributed by atoms with Crippen molar-refractivity contribution in [3.8, 4) is 0 Å². The maximum Gasteiger partial charge on any atom is 0.312 e. The van der Waals surface area contributed by atoms with E-state index < -0.39 is 60.2 Å². The van der Waals surface area contributed by atoms with E-state index in [0.29, 0.717) is 38.6 Å². The highest BCUT2D eigenvalue weighted by atomic mass is 16.7. The molecule has 7 atom stereocenters. The van der Waals surface area contributed by atoms with Crippen LogP contribution in [0.4, 0.5) is 4.79 Å². The summed E-state index contributed by atoms with van der Waals surface area (Å²) < 4.78 is 11.2. The number of nitrogens with one attached hydrogen (secondary N) is 2. The fourth-order valence-electron chi connectivity index (χ4n) is 6.81. The summed E-state index contributed by atoms with van der Waals surface area (Å²) in [5, 5.41) is 27.4. The minimum Gasteiger partial charge on any atom is -0.390 e. The summed E-state index contributed by atoms with van der Waals surface area (Å²) in [5.41, 5.74) is 12.6. The molecule has 55 heavy (non-hydrogen) atoms. The molecule has 5 amide bonds. The van der Waals surface area contributed by atoms with E-state index in [0.717, 1.165) is 16.0 Å². The average Bonchev–Trinajstić information content (AvgIpc) is 3.46. The number of rotatable bonds is 24. The molecule has 1 aromatic carbocycles. The van der Waals surface area contributed by atoms with E-state index in [1.165, 1.54) is 19.3 Å². The number of imide groups is 1. The van der Waals surface area contributed by atoms with Crippen molar-refractivity contribution in [2.24, 2.45) is 29.2 Å². The van der Waals surface area contributed by atoms with Crippen LogP contribution in [0.1, 0.15) is 76.3 Å². The quantitative estimate of drug-likeness (QED) is 0.0625. The number of methoxy groups -OCH3 is 1. The summed E-state index contributed by atoms with van der Waals surface area (Å²) in [7, 11) is 1.29. The number of nitrogens with zero attached hydrogens (tertiary/aromatic N) is 1. The van der Waals surface area contributed by atoms with E-state index in [9.17, 15) is 43.8 Å². The van der Waals surface area contributed by atoms with Crippen molar-refractivity contribution in [1.29, 1.82) is 0 Å². The maximum absolute atomic E-state index is 13.7. The second kappa shape index (κ2) is 22.3. The number of hydrogen-bond donors (Lipinski definition) is 6. The molecule has 0 spiro atoms. The fraction of sp³-hybridized carbons (Fsp3) is 0.615. The molecule has 1 aromatic rings. The Morgan fingerprint density at radius 2 is 1.60 bits per heavy atom. The minimum atomic E-state index is -1.71. The number of aliphatic hydroxyl groups excluding tert-OH is 2. The molecule has 2 unspecified atom stereocenters. The third kappa shape index (κ3) is 13.7. The van der Waals surface area contributed by atoms with E-state index in [2.05, 4.69) is 10.6 Å². The Labute approximate surface area is 321 Å². The van der Waals surface area contributed by atoms with E-state index in [4.69, 9.17) is 20.9 Å². The standard InChI is InChI=1S/C39H57N5O11/c1-23(2)27(37(52)43-29(9-7-18-42-39(41)53)30(46)20-25-12-10-24(11-13-25)16-17-40)22-31(47)36-35(51)34(50)28(38(54-3)55-36)21-26(45)8-5-4-6-19-44-32(48)14-15-33(44)49/h10-15,23,27-29,34-36,38,50-51H,4-9,16-22,40H2,1-3H3,(H,43,52)(H3,41,42,53)/t27-,28?,29-,34-,35+,36-,38?/m1/s1. The topological polar surface area (TPSA) is 258 Å². The van der Waals surface area contributed by atoms with Crippen LogP contribution in [-0.4, -0.2) is 114 Å². The average molecular weight is 772 g/mol. The number of amides is 5. The van der Waals surface area contributed by atoms with Crippen molar-refractivity contribution in [1.82, 2.24) is 15.5 Å². The number of primary amides is 1. The smallest absolute Gasteiger partial charge is 0.312 e. The first-order valence-electron chi connectivity index (χ1n) is 18.9. The Morgan fingerprint density at radius 1 is 0.945 bits per heavy atom. The van der Waals surface area contributed by atoms with E-state index in [1.54, 1.807) is 13.8 Å². The molecule has 0 saturated carbocycles. The Hall–Kier alpha value is -4.35. The number of nitrogens with two attached hydrogens (primary N) is 2. The molecule has 0 aliphatic carbocycles. The van der Waals surface area contributed by atoms with Crippen molar-refractivity contribution >= 4 is 41.1 Å². The number of ether oxygens (including phenoxy) is 2. The SMILES string of the molecule is COC1O[C@H](C(=O)C[C@@H](C(=O)N[C@H](CCCNC(N)=O)C(=O)Cc2ccc(CCN)cc2)C(C)C)[C@@H](O)[C@H](O)C1CC(=O)CCCCCN1C(=O)C=CC1=O. The number of ketones is 3. The van der Waals surface area contributed by atoms with Crippen LogP contribution in [-0.2, 0) is 51.1 Å². The number of urea groups is 1. The summed E-state index contributed by atoms with van der Waals surface area (Å²) >= 11 is 0. The van der Waals surface area contributed by atoms with Gasteiger partial charge in [0, 0.05) is 69.9 Å². The second-order valence-corrected chi connectivity index (χ2v) is 14.5. The number of Topliss-reactive ketones (excluding diaryl/α,β-unsaturated/α-hetero) is 3. The summed E-state index contributed by atoms with van der Waals surface area (Å²) in [4.78, 5) is 89.4. The lowest BCUT2D eigenvalue weighted by Gasteiger charge is -2.41. The van der Waals surface area contributed by atoms with Gasteiger partial charge in [0.2, 0.25) is 5.91 Å². The van der Waals surface area contributed by atoms with Crippen LogP contribution in [0.2, 0.25) is 0 Å². The highest BCUT2D eigenvalue weighted by Gasteiger charge is 2.48. The molecule has 0 bridgehead atoms. The van der Waals surface area contributed by atoms with Crippen LogP contribution >= 0.6 is 0 Å². The van der Waals surface area contributed by atoms with Gasteiger partial charge in [-0.05, 0) is 55.7 Å². The zero-order valence-corrected chi connectivity index (χ0v) is 31.9. The molecule has 0 radical (unpaired) electrons. The first-order valence-corrected chi connectivity index (χ1v) is 18.9. The van der Waals surface area contributed by atoms with Gasteiger partial charge in [-0.25, -0.2) is 4.79 Å². The molecule has 16 heteroatoms. The molecular weight excluding hydrogens is 714 g/mol. The highest BCUT2D eigenvalue weighted by Crippen LogP contribution is 2.32. The van der Waals surface area contributed by atoms with Gasteiger partial charge in [-0.3, -0.25) is 33.7 Å². The van der Waals surface area contributed by atoms with Gasteiger partial charge < -0.3 is 41.8 Å². The lowest BCUT2D eigenvalue weighted by atomic mass is 9.82. The minimum absolute atomic E-state index is 0.0332. The molecule has 1 fully saturated rings. The van der Waals surface area contributed by atoms with Gasteiger partial charge in [-0.15, -0.1) is 0 Å². The normalized spacial score (nSPS) is 22.1. The van der Waals surface area contributed by atoms with Crippen molar-refractivity contribution in [3.05, 3.63) is 47.5 Å². The van der Waals surface area contributed by atoms with Gasteiger partial charge >= 0.3 is 6.03 Å². The van der Waals surface area contributed by atoms with Crippen molar-refractivity contribution in [2.75, 3.05) is 26.7 Å². The van der Waals surface area contributed by atoms with Gasteiger partial charge in [0.1, 0.15) is 18.0 Å². The molecule has 16 nitrogen and oxygen atoms in total. The lowest BCUT2D eigenvalue weighted by Crippen LogP contribution is -2.58. The molecule has 2 heterocycles. The molecule has 304 valence electrons. The predicted octanol–water partition coefficient (Wildman–Crippen LogP) is 0.618. The highest BCUT2D eigenvalue weighted by molar-refractivity contribution is 6.12. The summed E-state index contributed by atoms with van der Waals surface area (Å²) in [5.74, 6) is -4.73. The van der Waals surface area contributed by atoms with Gasteiger partial charge in [0.25, 0.3) is 11.8 Å². The van der Waals surface area contributed by atoms with Gasteiger partial charge in [-0.1, -0.05) is 44.5 Å². The van der Waals surface area contributed by atoms with Gasteiger partial charge in [0.15, 0.2) is 17.9 Å². The Balaban J connectivity index is 1.59. The Morgan fingerprint density at radius 3 is 2.20 bits per heavy atom. The van der Waals surface area contributed by atoms with Crippen molar-refractivity contribution in [2.45, 2.75) is 109 Å². The summed E-state index contributed by atoms with van der Waals surface area (Å²) in [6.45, 7) is 4.40. The van der Waals surface area contributed by atoms with E-state index in [-0.39, 0.29) is 74.5 Å². The van der Waals surface area contributed by atoms with Crippen LogP contribution in [0.15, 0.2) is 36.4 Å². The molecule has 2 aliphatic rings. The Kier molecular flexibility index (Phi) is 18.2. The Bertz CT molecular complexity index is 1510. The van der Waals surface area contributed by atoms with Gasteiger partial charge in [-0.2, -0.15) is 0 Å². The summed E-state index contributed by atoms with van der Waals surface area (Å²) in [6.07, 6.45) is -1.17. The lowest BCUT2D eigenvalue weighted by molar-refractivity contribution is -0.267. The molecule has 8 N–H and O–H groups in total. The van der Waals surface area contributed by atoms with Crippen LogP contribution in [0, 0.1) is 17.8 Å². The first kappa shape index (κ1) is 45.0. The predicted molar refractivity (Wildman–Crippen MR) is 200 cm³/mol. The van der Waals surface area contributed by atoms with E-state index in [1.807, 2.05) is 24.3 Å². The number of carbonyl (C=O) groups excluding carboxylic acids is 7. The van der Waals surface area contributed by atoms with Crippen molar-refractivity contribution < 1.29 is 53.2 Å². The molecule has 2 aliphatic heterocycles. The number of aliphatic hydroxyl groups is 2. The third-order valence-electron chi connectivity index (χ3n) is 10.1. The first-order chi connectivity index (χ1) is 26.2. The largest absolute Gasteiger partial charge is 0.390 e. The van der Waals surface area contributed by atoms with Crippen LogP contribution < -0.4 is 22.1 Å². The number of benzene rings is 1.